The molecule has 0 bridgehead atoms. The molecule has 3 rings (SSSR count). The maximum Gasteiger partial charge on any atom is 0.215 e. The molecule has 0 amide bonds. The average Bonchev–Trinajstić information content (AvgIpc) is 2.93. The summed E-state index contributed by atoms with van der Waals surface area (Å²) in [6, 6.07) is 5.72. The van der Waals surface area contributed by atoms with Crippen molar-refractivity contribution in [2.24, 2.45) is 11.7 Å². The molecule has 4 heteroatoms. The number of nitrogens with two attached hydrogens (primary N) is 1. The highest BCUT2D eigenvalue weighted by molar-refractivity contribution is 5.79. The van der Waals surface area contributed by atoms with Crippen molar-refractivity contribution in [1.29, 1.82) is 0 Å². The third-order valence-electron chi connectivity index (χ3n) is 4.60. The van der Waals surface area contributed by atoms with Gasteiger partial charge in [-0.05, 0) is 43.7 Å². The van der Waals surface area contributed by atoms with Crippen molar-refractivity contribution in [1.82, 2.24) is 4.98 Å². The van der Waals surface area contributed by atoms with Gasteiger partial charge >= 0.3 is 0 Å². The van der Waals surface area contributed by atoms with E-state index in [0.29, 0.717) is 5.89 Å². The van der Waals surface area contributed by atoms with Crippen LogP contribution in [0.25, 0.3) is 11.1 Å². The number of para-hydroxylation sites is 1. The lowest BCUT2D eigenvalue weighted by Crippen LogP contribution is -2.40. The number of hydrogen-bond donors (Lipinski definition) is 1. The minimum Gasteiger partial charge on any atom is -0.494 e. The van der Waals surface area contributed by atoms with Crippen molar-refractivity contribution in [2.75, 3.05) is 7.11 Å². The summed E-state index contributed by atoms with van der Waals surface area (Å²) in [6.07, 6.45) is 5.43. The van der Waals surface area contributed by atoms with Crippen molar-refractivity contribution in [3.8, 4) is 5.75 Å². The van der Waals surface area contributed by atoms with E-state index in [4.69, 9.17) is 14.9 Å². The Morgan fingerprint density at radius 2 is 2.15 bits per heavy atom. The number of hydrogen-bond acceptors (Lipinski definition) is 4. The third-order valence-corrected chi connectivity index (χ3v) is 4.60. The summed E-state index contributed by atoms with van der Waals surface area (Å²) in [7, 11) is 1.65. The molecule has 0 spiro atoms. The second-order valence-electron chi connectivity index (χ2n) is 5.83. The van der Waals surface area contributed by atoms with Gasteiger partial charge in [0.2, 0.25) is 5.89 Å². The van der Waals surface area contributed by atoms with Gasteiger partial charge in [-0.15, -0.1) is 0 Å². The van der Waals surface area contributed by atoms with E-state index in [2.05, 4.69) is 11.9 Å². The van der Waals surface area contributed by atoms with Crippen molar-refractivity contribution in [3.63, 3.8) is 0 Å². The molecule has 0 radical (unpaired) electrons. The smallest absolute Gasteiger partial charge is 0.215 e. The van der Waals surface area contributed by atoms with Gasteiger partial charge in [-0.1, -0.05) is 19.4 Å². The lowest BCUT2D eigenvalue weighted by atomic mass is 9.76. The number of nitrogens with zero attached hydrogens (tertiary/aromatic N) is 1. The number of fused-ring (bicyclic) bond motifs is 1. The predicted molar refractivity (Wildman–Crippen MR) is 78.7 cm³/mol. The largest absolute Gasteiger partial charge is 0.494 e. The van der Waals surface area contributed by atoms with E-state index < -0.39 is 5.54 Å². The van der Waals surface area contributed by atoms with E-state index in [0.717, 1.165) is 48.5 Å². The molecule has 1 saturated carbocycles. The first-order valence-corrected chi connectivity index (χ1v) is 7.39. The SMILES string of the molecule is CCC1CCC(N)(c2nc3c(OC)cccc3o2)CC1. The molecule has 1 fully saturated rings. The summed E-state index contributed by atoms with van der Waals surface area (Å²) in [5, 5.41) is 0. The van der Waals surface area contributed by atoms with Crippen LogP contribution in [0, 0.1) is 5.92 Å². The first-order chi connectivity index (χ1) is 9.66. The number of benzene rings is 1. The van der Waals surface area contributed by atoms with E-state index in [-0.39, 0.29) is 0 Å². The molecule has 1 aromatic heterocycles. The van der Waals surface area contributed by atoms with Gasteiger partial charge in [0, 0.05) is 0 Å². The lowest BCUT2D eigenvalue weighted by molar-refractivity contribution is 0.198. The molecular formula is C16H22N2O2. The van der Waals surface area contributed by atoms with E-state index in [9.17, 15) is 0 Å². The zero-order valence-corrected chi connectivity index (χ0v) is 12.2. The third kappa shape index (κ3) is 2.18. The highest BCUT2D eigenvalue weighted by atomic mass is 16.5. The monoisotopic (exact) mass is 274 g/mol. The Morgan fingerprint density at radius 3 is 2.80 bits per heavy atom. The molecule has 1 aliphatic carbocycles. The van der Waals surface area contributed by atoms with Crippen LogP contribution in [0.2, 0.25) is 0 Å². The number of rotatable bonds is 3. The van der Waals surface area contributed by atoms with Crippen LogP contribution in [0.4, 0.5) is 0 Å². The highest BCUT2D eigenvalue weighted by Gasteiger charge is 2.37. The Kier molecular flexibility index (Phi) is 3.42. The second-order valence-corrected chi connectivity index (χ2v) is 5.83. The molecule has 0 unspecified atom stereocenters. The van der Waals surface area contributed by atoms with E-state index in [1.807, 2.05) is 18.2 Å². The van der Waals surface area contributed by atoms with Gasteiger partial charge in [0.15, 0.2) is 11.1 Å². The van der Waals surface area contributed by atoms with Crippen LogP contribution in [0.1, 0.15) is 44.9 Å². The van der Waals surface area contributed by atoms with Crippen molar-refractivity contribution >= 4 is 11.1 Å². The first kappa shape index (κ1) is 13.4. The van der Waals surface area contributed by atoms with Gasteiger partial charge in [0.05, 0.1) is 12.6 Å². The predicted octanol–water partition coefficient (Wildman–Crippen LogP) is 3.59. The molecule has 0 atom stereocenters. The quantitative estimate of drug-likeness (QED) is 0.929. The summed E-state index contributed by atoms with van der Waals surface area (Å²) < 4.78 is 11.2. The standard InChI is InChI=1S/C16H22N2O2/c1-3-11-7-9-16(17,10-8-11)15-18-14-12(19-2)5-4-6-13(14)20-15/h4-6,11H,3,7-10,17H2,1-2H3. The second kappa shape index (κ2) is 5.09. The van der Waals surface area contributed by atoms with Crippen LogP contribution in [-0.2, 0) is 5.54 Å². The molecule has 2 N–H and O–H groups in total. The fourth-order valence-corrected chi connectivity index (χ4v) is 3.12. The van der Waals surface area contributed by atoms with Gasteiger partial charge in [0.1, 0.15) is 5.75 Å². The topological polar surface area (TPSA) is 61.3 Å². The normalized spacial score (nSPS) is 26.9. The Labute approximate surface area is 119 Å². The zero-order chi connectivity index (χ0) is 14.2. The number of oxazole rings is 1. The summed E-state index contributed by atoms with van der Waals surface area (Å²) in [5.74, 6) is 2.19. The van der Waals surface area contributed by atoms with Crippen LogP contribution in [0.5, 0.6) is 5.75 Å². The first-order valence-electron chi connectivity index (χ1n) is 7.39. The highest BCUT2D eigenvalue weighted by Crippen LogP contribution is 2.40. The van der Waals surface area contributed by atoms with E-state index >= 15 is 0 Å². The van der Waals surface area contributed by atoms with Gasteiger partial charge in [-0.25, -0.2) is 4.98 Å². The number of methoxy groups -OCH3 is 1. The molecule has 20 heavy (non-hydrogen) atoms. The minimum absolute atomic E-state index is 0.421. The lowest BCUT2D eigenvalue weighted by Gasteiger charge is -2.34. The van der Waals surface area contributed by atoms with Crippen LogP contribution in [0.3, 0.4) is 0 Å². The van der Waals surface area contributed by atoms with E-state index in [1.165, 1.54) is 6.42 Å². The Bertz CT molecular complexity index is 598. The molecule has 0 saturated heterocycles. The van der Waals surface area contributed by atoms with Crippen LogP contribution in [-0.4, -0.2) is 12.1 Å². The number of ether oxygens (including phenoxy) is 1. The average molecular weight is 274 g/mol. The maximum atomic E-state index is 6.56. The van der Waals surface area contributed by atoms with Gasteiger partial charge < -0.3 is 14.9 Å². The molecule has 1 aliphatic rings. The Balaban J connectivity index is 1.94. The van der Waals surface area contributed by atoms with Crippen LogP contribution >= 0.6 is 0 Å². The molecular weight excluding hydrogens is 252 g/mol. The van der Waals surface area contributed by atoms with Crippen molar-refractivity contribution in [2.45, 2.75) is 44.6 Å². The molecule has 2 aromatic rings. The summed E-state index contributed by atoms with van der Waals surface area (Å²) in [6.45, 7) is 2.25. The summed E-state index contributed by atoms with van der Waals surface area (Å²) >= 11 is 0. The molecule has 108 valence electrons. The Morgan fingerprint density at radius 1 is 1.40 bits per heavy atom. The van der Waals surface area contributed by atoms with Gasteiger partial charge in [-0.3, -0.25) is 0 Å². The molecule has 4 nitrogen and oxygen atoms in total. The zero-order valence-electron chi connectivity index (χ0n) is 12.2. The summed E-state index contributed by atoms with van der Waals surface area (Å²) in [4.78, 5) is 4.61. The molecule has 1 aromatic carbocycles. The van der Waals surface area contributed by atoms with Gasteiger partial charge in [0.25, 0.3) is 0 Å². The maximum absolute atomic E-state index is 6.56. The summed E-state index contributed by atoms with van der Waals surface area (Å²) in [5.41, 5.74) is 7.66. The van der Waals surface area contributed by atoms with Crippen LogP contribution in [0.15, 0.2) is 22.6 Å². The Hall–Kier alpha value is -1.55. The van der Waals surface area contributed by atoms with Gasteiger partial charge in [-0.2, -0.15) is 0 Å². The minimum atomic E-state index is -0.421. The fraction of sp³-hybridized carbons (Fsp3) is 0.562. The molecule has 0 aliphatic heterocycles. The number of aromatic nitrogens is 1. The fourth-order valence-electron chi connectivity index (χ4n) is 3.12. The van der Waals surface area contributed by atoms with Crippen molar-refractivity contribution in [3.05, 3.63) is 24.1 Å². The van der Waals surface area contributed by atoms with Crippen molar-refractivity contribution < 1.29 is 9.15 Å². The van der Waals surface area contributed by atoms with E-state index in [1.54, 1.807) is 7.11 Å². The van der Waals surface area contributed by atoms with Crippen LogP contribution < -0.4 is 10.5 Å². The molecule has 1 heterocycles.